The van der Waals surface area contributed by atoms with E-state index in [1.807, 2.05) is 36.4 Å². The summed E-state index contributed by atoms with van der Waals surface area (Å²) in [5, 5.41) is 0. The number of aromatic nitrogens is 1. The van der Waals surface area contributed by atoms with Crippen LogP contribution in [0, 0.1) is 0 Å². The first kappa shape index (κ1) is 14.6. The predicted molar refractivity (Wildman–Crippen MR) is 94.6 cm³/mol. The number of carbonyl (C=O) groups excluding carboxylic acids is 1. The zero-order chi connectivity index (χ0) is 16.4. The van der Waals surface area contributed by atoms with E-state index in [1.54, 1.807) is 0 Å². The lowest BCUT2D eigenvalue weighted by Gasteiger charge is -1.99. The summed E-state index contributed by atoms with van der Waals surface area (Å²) in [6.45, 7) is 0.849. The maximum atomic E-state index is 12.4. The molecule has 3 aromatic rings. The number of benzene rings is 2. The lowest BCUT2D eigenvalue weighted by molar-refractivity contribution is -0.688. The highest BCUT2D eigenvalue weighted by Gasteiger charge is 2.23. The number of nitrogens with zero attached hydrogens (tertiary/aromatic N) is 1. The van der Waals surface area contributed by atoms with Crippen molar-refractivity contribution in [1.82, 2.24) is 0 Å². The van der Waals surface area contributed by atoms with E-state index in [2.05, 4.69) is 53.4 Å². The summed E-state index contributed by atoms with van der Waals surface area (Å²) < 4.78 is 2.14. The van der Waals surface area contributed by atoms with Crippen LogP contribution in [-0.4, -0.2) is 5.78 Å². The zero-order valence-corrected chi connectivity index (χ0v) is 13.4. The average Bonchev–Trinajstić information content (AvgIpc) is 2.94. The van der Waals surface area contributed by atoms with Crippen LogP contribution in [0.5, 0.6) is 0 Å². The summed E-state index contributed by atoms with van der Waals surface area (Å²) in [5.74, 6) is 0.159. The Hall–Kier alpha value is -3.00. The fraction of sp³-hybridized carbons (Fsp3) is 0.0909. The highest BCUT2D eigenvalue weighted by Crippen LogP contribution is 2.27. The first-order chi connectivity index (χ1) is 11.8. The van der Waals surface area contributed by atoms with E-state index in [0.29, 0.717) is 0 Å². The highest BCUT2D eigenvalue weighted by molar-refractivity contribution is 6.15. The standard InChI is InChI=1S/C22H18NO/c24-22-20(15-19-8-4-5-9-21(19)22)14-17-10-12-23(13-11-17)16-18-6-2-1-3-7-18/h1-14H,15-16H2/q+1. The van der Waals surface area contributed by atoms with Crippen LogP contribution in [0.3, 0.4) is 0 Å². The van der Waals surface area contributed by atoms with Crippen LogP contribution < -0.4 is 4.57 Å². The van der Waals surface area contributed by atoms with Gasteiger partial charge in [0.1, 0.15) is 0 Å². The minimum Gasteiger partial charge on any atom is -0.289 e. The SMILES string of the molecule is O=C1C(=Cc2cc[n+](Cc3ccccc3)cc2)Cc2ccccc21. The van der Waals surface area contributed by atoms with Crippen molar-refractivity contribution >= 4 is 11.9 Å². The molecule has 1 heterocycles. The van der Waals surface area contributed by atoms with Gasteiger partial charge in [0, 0.05) is 35.3 Å². The third-order valence-electron chi connectivity index (χ3n) is 4.40. The van der Waals surface area contributed by atoms with Crippen LogP contribution in [0.1, 0.15) is 27.0 Å². The number of Topliss-reactive ketones (excluding diaryl/α,β-unsaturated/α-hetero) is 1. The second-order valence-electron chi connectivity index (χ2n) is 6.12. The summed E-state index contributed by atoms with van der Waals surface area (Å²) in [6, 6.07) is 22.4. The third-order valence-corrected chi connectivity index (χ3v) is 4.40. The normalized spacial score (nSPS) is 14.8. The smallest absolute Gasteiger partial charge is 0.189 e. The molecule has 0 bridgehead atoms. The Labute approximate surface area is 141 Å². The molecule has 2 nitrogen and oxygen atoms in total. The van der Waals surface area contributed by atoms with Gasteiger partial charge < -0.3 is 0 Å². The van der Waals surface area contributed by atoms with Gasteiger partial charge in [0.15, 0.2) is 24.7 Å². The molecule has 2 heteroatoms. The highest BCUT2D eigenvalue weighted by atomic mass is 16.1. The Kier molecular flexibility index (Phi) is 3.80. The summed E-state index contributed by atoms with van der Waals surface area (Å²) in [6.07, 6.45) is 6.86. The number of ketones is 1. The van der Waals surface area contributed by atoms with Gasteiger partial charge in [0.25, 0.3) is 0 Å². The molecule has 0 saturated heterocycles. The van der Waals surface area contributed by atoms with Crippen molar-refractivity contribution in [3.8, 4) is 0 Å². The Morgan fingerprint density at radius 3 is 2.33 bits per heavy atom. The predicted octanol–water partition coefficient (Wildman–Crippen LogP) is 3.84. The minimum atomic E-state index is 0.159. The summed E-state index contributed by atoms with van der Waals surface area (Å²) in [5.41, 5.74) is 5.19. The van der Waals surface area contributed by atoms with E-state index < -0.39 is 0 Å². The van der Waals surface area contributed by atoms with Crippen molar-refractivity contribution in [3.05, 3.63) is 107 Å². The van der Waals surface area contributed by atoms with Crippen molar-refractivity contribution in [3.63, 3.8) is 0 Å². The minimum absolute atomic E-state index is 0.159. The molecule has 0 radical (unpaired) electrons. The lowest BCUT2D eigenvalue weighted by Crippen LogP contribution is -2.33. The molecule has 1 aromatic heterocycles. The fourth-order valence-corrected chi connectivity index (χ4v) is 3.14. The zero-order valence-electron chi connectivity index (χ0n) is 13.4. The number of hydrogen-bond acceptors (Lipinski definition) is 1. The van der Waals surface area contributed by atoms with Crippen LogP contribution in [0.4, 0.5) is 0 Å². The van der Waals surface area contributed by atoms with E-state index >= 15 is 0 Å². The second-order valence-corrected chi connectivity index (χ2v) is 6.12. The molecular weight excluding hydrogens is 294 g/mol. The Bertz CT molecular complexity index is 908. The summed E-state index contributed by atoms with van der Waals surface area (Å²) in [4.78, 5) is 12.4. The summed E-state index contributed by atoms with van der Waals surface area (Å²) in [7, 11) is 0. The van der Waals surface area contributed by atoms with Gasteiger partial charge in [-0.1, -0.05) is 54.6 Å². The molecule has 4 rings (SSSR count). The fourth-order valence-electron chi connectivity index (χ4n) is 3.14. The molecule has 0 fully saturated rings. The first-order valence-corrected chi connectivity index (χ1v) is 8.16. The molecule has 0 atom stereocenters. The molecule has 2 aromatic carbocycles. The van der Waals surface area contributed by atoms with Gasteiger partial charge in [0.2, 0.25) is 0 Å². The van der Waals surface area contributed by atoms with Crippen molar-refractivity contribution in [1.29, 1.82) is 0 Å². The van der Waals surface area contributed by atoms with Crippen molar-refractivity contribution in [2.45, 2.75) is 13.0 Å². The monoisotopic (exact) mass is 312 g/mol. The number of pyridine rings is 1. The van der Waals surface area contributed by atoms with Crippen LogP contribution in [-0.2, 0) is 13.0 Å². The molecule has 0 N–H and O–H groups in total. The van der Waals surface area contributed by atoms with E-state index in [-0.39, 0.29) is 5.78 Å². The number of rotatable bonds is 3. The van der Waals surface area contributed by atoms with E-state index in [0.717, 1.165) is 35.2 Å². The Morgan fingerprint density at radius 2 is 1.58 bits per heavy atom. The third kappa shape index (κ3) is 2.91. The molecule has 24 heavy (non-hydrogen) atoms. The van der Waals surface area contributed by atoms with Gasteiger partial charge in [-0.05, 0) is 17.2 Å². The van der Waals surface area contributed by atoms with Gasteiger partial charge in [-0.3, -0.25) is 4.79 Å². The van der Waals surface area contributed by atoms with Gasteiger partial charge in [-0.2, -0.15) is 0 Å². The Balaban J connectivity index is 1.53. The molecule has 0 unspecified atom stereocenters. The maximum Gasteiger partial charge on any atom is 0.189 e. The van der Waals surface area contributed by atoms with Gasteiger partial charge >= 0.3 is 0 Å². The quantitative estimate of drug-likeness (QED) is 0.531. The van der Waals surface area contributed by atoms with Gasteiger partial charge in [-0.15, -0.1) is 0 Å². The number of hydrogen-bond donors (Lipinski definition) is 0. The topological polar surface area (TPSA) is 20.9 Å². The van der Waals surface area contributed by atoms with Crippen molar-refractivity contribution in [2.24, 2.45) is 0 Å². The van der Waals surface area contributed by atoms with Crippen LogP contribution in [0.25, 0.3) is 6.08 Å². The van der Waals surface area contributed by atoms with Crippen molar-refractivity contribution < 1.29 is 9.36 Å². The molecule has 0 spiro atoms. The molecule has 0 saturated carbocycles. The van der Waals surface area contributed by atoms with Gasteiger partial charge in [0.05, 0.1) is 0 Å². The van der Waals surface area contributed by atoms with E-state index in [1.165, 1.54) is 5.56 Å². The molecule has 0 amide bonds. The van der Waals surface area contributed by atoms with Gasteiger partial charge in [-0.25, -0.2) is 4.57 Å². The van der Waals surface area contributed by atoms with Crippen LogP contribution >= 0.6 is 0 Å². The molecule has 0 aliphatic heterocycles. The van der Waals surface area contributed by atoms with E-state index in [4.69, 9.17) is 0 Å². The van der Waals surface area contributed by atoms with Crippen molar-refractivity contribution in [2.75, 3.05) is 0 Å². The summed E-state index contributed by atoms with van der Waals surface area (Å²) >= 11 is 0. The Morgan fingerprint density at radius 1 is 0.875 bits per heavy atom. The molecule has 1 aliphatic rings. The number of allylic oxidation sites excluding steroid dienone is 1. The first-order valence-electron chi connectivity index (χ1n) is 8.16. The van der Waals surface area contributed by atoms with Crippen LogP contribution in [0.15, 0.2) is 84.7 Å². The molecule has 116 valence electrons. The average molecular weight is 312 g/mol. The molecular formula is C22H18NO+. The number of fused-ring (bicyclic) bond motifs is 1. The molecule has 1 aliphatic carbocycles. The second kappa shape index (κ2) is 6.25. The largest absolute Gasteiger partial charge is 0.289 e. The lowest BCUT2D eigenvalue weighted by atomic mass is 10.1. The van der Waals surface area contributed by atoms with E-state index in [9.17, 15) is 4.79 Å². The maximum absolute atomic E-state index is 12.4. The van der Waals surface area contributed by atoms with Crippen LogP contribution in [0.2, 0.25) is 0 Å². The number of carbonyl (C=O) groups is 1.